The molecule has 0 radical (unpaired) electrons. The molecule has 3 aliphatic rings. The van der Waals surface area contributed by atoms with Crippen LogP contribution < -0.4 is 4.46 Å². The Bertz CT molecular complexity index is 389. The Morgan fingerprint density at radius 2 is 1.94 bits per heavy atom. The van der Waals surface area contributed by atoms with E-state index in [1.54, 1.807) is 4.46 Å². The number of rotatable bonds is 2. The minimum absolute atomic E-state index is 0.626. The van der Waals surface area contributed by atoms with E-state index in [1.165, 1.54) is 12.8 Å². The molecule has 1 heterocycles. The summed E-state index contributed by atoms with van der Waals surface area (Å²) in [6, 6.07) is 11.0. The van der Waals surface area contributed by atoms with E-state index in [1.807, 2.05) is 0 Å². The van der Waals surface area contributed by atoms with Crippen molar-refractivity contribution in [1.29, 1.82) is 0 Å². The molecule has 0 N–H and O–H groups in total. The summed E-state index contributed by atoms with van der Waals surface area (Å²) >= 11 is 0.626. The Labute approximate surface area is 103 Å². The van der Waals surface area contributed by atoms with Crippen molar-refractivity contribution < 1.29 is 4.74 Å². The molecule has 16 heavy (non-hydrogen) atoms. The first-order valence-corrected chi connectivity index (χ1v) is 8.10. The van der Waals surface area contributed by atoms with E-state index < -0.39 is 0 Å². The van der Waals surface area contributed by atoms with Gasteiger partial charge in [-0.3, -0.25) is 0 Å². The third-order valence-corrected chi connectivity index (χ3v) is 7.60. The summed E-state index contributed by atoms with van der Waals surface area (Å²) in [6.07, 6.45) is 3.55. The molecule has 1 nitrogen and oxygen atoms in total. The summed E-state index contributed by atoms with van der Waals surface area (Å²) in [5.74, 6) is 2.85. The maximum atomic E-state index is 6.03. The quantitative estimate of drug-likeness (QED) is 0.751. The van der Waals surface area contributed by atoms with Crippen molar-refractivity contribution in [2.24, 2.45) is 17.8 Å². The fourth-order valence-corrected chi connectivity index (χ4v) is 6.91. The first-order chi connectivity index (χ1) is 7.92. The fraction of sp³-hybridized carbons (Fsp3) is 0.571. The van der Waals surface area contributed by atoms with Gasteiger partial charge in [0.25, 0.3) is 0 Å². The van der Waals surface area contributed by atoms with Crippen LogP contribution in [0.1, 0.15) is 12.8 Å². The van der Waals surface area contributed by atoms with Gasteiger partial charge in [-0.1, -0.05) is 0 Å². The predicted octanol–water partition coefficient (Wildman–Crippen LogP) is 1.86. The molecule has 5 atom stereocenters. The molecule has 2 bridgehead atoms. The van der Waals surface area contributed by atoms with Crippen molar-refractivity contribution in [2.75, 3.05) is 6.61 Å². The summed E-state index contributed by atoms with van der Waals surface area (Å²) < 4.78 is 7.59. The molecule has 1 aromatic carbocycles. The van der Waals surface area contributed by atoms with Crippen molar-refractivity contribution in [2.45, 2.75) is 23.8 Å². The number of fused-ring (bicyclic) bond motifs is 1. The van der Waals surface area contributed by atoms with Gasteiger partial charge in [-0.25, -0.2) is 0 Å². The molecule has 2 heteroatoms. The van der Waals surface area contributed by atoms with Crippen LogP contribution in [0.2, 0.25) is 4.82 Å². The Kier molecular flexibility index (Phi) is 2.18. The van der Waals surface area contributed by atoms with Crippen LogP contribution in [0.3, 0.4) is 0 Å². The zero-order chi connectivity index (χ0) is 10.5. The van der Waals surface area contributed by atoms with Crippen molar-refractivity contribution >= 4 is 19.4 Å². The van der Waals surface area contributed by atoms with Crippen LogP contribution >= 0.6 is 0 Å². The van der Waals surface area contributed by atoms with E-state index in [2.05, 4.69) is 30.3 Å². The van der Waals surface area contributed by atoms with Crippen LogP contribution in [0.4, 0.5) is 0 Å². The number of hydrogen-bond acceptors (Lipinski definition) is 1. The van der Waals surface area contributed by atoms with Crippen LogP contribution in [0.25, 0.3) is 0 Å². The van der Waals surface area contributed by atoms with Crippen LogP contribution in [-0.4, -0.2) is 27.7 Å². The first kappa shape index (κ1) is 9.70. The van der Waals surface area contributed by atoms with Crippen molar-refractivity contribution in [3.05, 3.63) is 30.3 Å². The molecule has 0 spiro atoms. The van der Waals surface area contributed by atoms with Gasteiger partial charge in [0.15, 0.2) is 0 Å². The van der Waals surface area contributed by atoms with E-state index in [-0.39, 0.29) is 0 Å². The molecule has 0 aromatic heterocycles. The molecule has 4 rings (SSSR count). The third kappa shape index (κ3) is 1.33. The van der Waals surface area contributed by atoms with Crippen LogP contribution in [-0.2, 0) is 4.74 Å². The topological polar surface area (TPSA) is 9.23 Å². The van der Waals surface area contributed by atoms with Gasteiger partial charge in [0.2, 0.25) is 0 Å². The predicted molar refractivity (Wildman–Crippen MR) is 65.0 cm³/mol. The van der Waals surface area contributed by atoms with Crippen LogP contribution in [0, 0.1) is 17.8 Å². The van der Waals surface area contributed by atoms with E-state index in [4.69, 9.17) is 4.74 Å². The average Bonchev–Trinajstić information content (AvgIpc) is 2.91. The summed E-state index contributed by atoms with van der Waals surface area (Å²) in [5, 5.41) is 0. The van der Waals surface area contributed by atoms with Crippen molar-refractivity contribution in [3.8, 4) is 0 Å². The molecule has 3 fully saturated rings. The van der Waals surface area contributed by atoms with Gasteiger partial charge in [-0.05, 0) is 0 Å². The number of ether oxygens (including phenoxy) is 1. The van der Waals surface area contributed by atoms with E-state index in [0.717, 1.165) is 29.2 Å². The van der Waals surface area contributed by atoms with Crippen molar-refractivity contribution in [1.82, 2.24) is 0 Å². The second-order valence-electron chi connectivity index (χ2n) is 5.35. The van der Waals surface area contributed by atoms with Gasteiger partial charge in [-0.15, -0.1) is 0 Å². The molecule has 1 aromatic rings. The SMILES string of the molecule is c1ccc([Se]C2C3CC4COC2C4C3)cc1. The Morgan fingerprint density at radius 1 is 1.06 bits per heavy atom. The van der Waals surface area contributed by atoms with Crippen LogP contribution in [0.5, 0.6) is 0 Å². The molecule has 1 saturated heterocycles. The average molecular weight is 279 g/mol. The standard InChI is InChI=1S/C14H16OSe/c1-2-4-11(5-3-1)16-14-9-6-10-8-15-13(14)12(10)7-9/h1-5,9-10,12-14H,6-8H2. The number of benzene rings is 1. The Balaban J connectivity index is 1.57. The van der Waals surface area contributed by atoms with Crippen molar-refractivity contribution in [3.63, 3.8) is 0 Å². The van der Waals surface area contributed by atoms with E-state index >= 15 is 0 Å². The van der Waals surface area contributed by atoms with Crippen LogP contribution in [0.15, 0.2) is 30.3 Å². The molecule has 0 amide bonds. The fourth-order valence-electron chi connectivity index (χ4n) is 3.85. The molecule has 1 aliphatic heterocycles. The normalized spacial score (nSPS) is 44.1. The molecule has 2 saturated carbocycles. The maximum absolute atomic E-state index is 6.03. The van der Waals surface area contributed by atoms with E-state index in [9.17, 15) is 0 Å². The van der Waals surface area contributed by atoms with Gasteiger partial charge in [0.05, 0.1) is 0 Å². The van der Waals surface area contributed by atoms with Gasteiger partial charge in [0.1, 0.15) is 0 Å². The summed E-state index contributed by atoms with van der Waals surface area (Å²) in [4.78, 5) is 0.874. The second-order valence-corrected chi connectivity index (χ2v) is 7.97. The summed E-state index contributed by atoms with van der Waals surface area (Å²) in [7, 11) is 0. The van der Waals surface area contributed by atoms with Gasteiger partial charge in [-0.2, -0.15) is 0 Å². The Hall–Kier alpha value is -0.301. The zero-order valence-electron chi connectivity index (χ0n) is 9.21. The van der Waals surface area contributed by atoms with E-state index in [0.29, 0.717) is 21.1 Å². The second kappa shape index (κ2) is 3.60. The summed E-state index contributed by atoms with van der Waals surface area (Å²) in [6.45, 7) is 1.06. The van der Waals surface area contributed by atoms with Gasteiger partial charge >= 0.3 is 103 Å². The first-order valence-electron chi connectivity index (χ1n) is 6.25. The molecule has 5 unspecified atom stereocenters. The molecular formula is C14H16OSe. The monoisotopic (exact) mass is 280 g/mol. The molecule has 2 aliphatic carbocycles. The minimum atomic E-state index is 0.626. The Morgan fingerprint density at radius 3 is 2.81 bits per heavy atom. The molecule has 84 valence electrons. The molecular weight excluding hydrogens is 263 g/mol. The van der Waals surface area contributed by atoms with Gasteiger partial charge < -0.3 is 0 Å². The number of hydrogen-bond donors (Lipinski definition) is 0. The zero-order valence-corrected chi connectivity index (χ0v) is 10.9. The third-order valence-electron chi connectivity index (χ3n) is 4.51. The van der Waals surface area contributed by atoms with Gasteiger partial charge in [0, 0.05) is 0 Å². The summed E-state index contributed by atoms with van der Waals surface area (Å²) in [5.41, 5.74) is 0.